The molecule has 0 saturated heterocycles. The maximum atomic E-state index is 12.5. The molecule has 0 unspecified atom stereocenters. The van der Waals surface area contributed by atoms with E-state index >= 15 is 0 Å². The topological polar surface area (TPSA) is 94.4 Å². The second-order valence-electron chi connectivity index (χ2n) is 5.73. The molecule has 1 aromatic heterocycles. The molecular weight excluding hydrogens is 372 g/mol. The highest BCUT2D eigenvalue weighted by atomic mass is 35.5. The summed E-state index contributed by atoms with van der Waals surface area (Å²) >= 11 is 0. The molecule has 1 aromatic carbocycles. The van der Waals surface area contributed by atoms with E-state index in [2.05, 4.69) is 10.6 Å². The van der Waals surface area contributed by atoms with Crippen molar-refractivity contribution in [2.45, 2.75) is 13.1 Å². The molecular formula is C18H25ClN4O4. The first-order valence-electron chi connectivity index (χ1n) is 8.42. The molecule has 0 bridgehead atoms. The van der Waals surface area contributed by atoms with Crippen LogP contribution in [0.5, 0.6) is 0 Å². The van der Waals surface area contributed by atoms with Gasteiger partial charge in [0, 0.05) is 39.0 Å². The fourth-order valence-electron chi connectivity index (χ4n) is 2.39. The lowest BCUT2D eigenvalue weighted by Gasteiger charge is -2.10. The summed E-state index contributed by atoms with van der Waals surface area (Å²) in [5, 5.41) is 5.77. The third-order valence-electron chi connectivity index (χ3n) is 3.74. The molecule has 0 atom stereocenters. The Balaban J connectivity index is 0.00000364. The fourth-order valence-corrected chi connectivity index (χ4v) is 2.39. The van der Waals surface area contributed by atoms with E-state index in [4.69, 9.17) is 4.74 Å². The van der Waals surface area contributed by atoms with Gasteiger partial charge in [-0.2, -0.15) is 0 Å². The summed E-state index contributed by atoms with van der Waals surface area (Å²) in [7, 11) is 1.62. The molecule has 9 heteroatoms. The first kappa shape index (κ1) is 22.6. The summed E-state index contributed by atoms with van der Waals surface area (Å²) in [6.07, 6.45) is 1.45. The number of hydrogen-bond acceptors (Lipinski definition) is 5. The Morgan fingerprint density at radius 3 is 2.52 bits per heavy atom. The van der Waals surface area contributed by atoms with Crippen LogP contribution in [0.1, 0.15) is 5.56 Å². The molecule has 1 heterocycles. The monoisotopic (exact) mass is 396 g/mol. The Morgan fingerprint density at radius 2 is 1.81 bits per heavy atom. The zero-order valence-corrected chi connectivity index (χ0v) is 16.0. The Kier molecular flexibility index (Phi) is 10.1. The fraction of sp³-hybridized carbons (Fsp3) is 0.389. The average Bonchev–Trinajstić information content (AvgIpc) is 2.65. The standard InChI is InChI=1S/C18H24N4O4.ClH/c1-26-12-10-19-8-9-20-16(23)14-22-17(24)7-11-21(18(22)25)13-15-5-3-2-4-6-15;/h2-7,11,19H,8-10,12-14H2,1H3,(H,20,23);1H. The molecule has 0 aliphatic rings. The summed E-state index contributed by atoms with van der Waals surface area (Å²) in [5.41, 5.74) is -0.0613. The highest BCUT2D eigenvalue weighted by molar-refractivity contribution is 5.85. The number of rotatable bonds is 10. The third-order valence-corrected chi connectivity index (χ3v) is 3.74. The third kappa shape index (κ3) is 7.38. The normalized spacial score (nSPS) is 10.3. The van der Waals surface area contributed by atoms with Crippen LogP contribution in [0.3, 0.4) is 0 Å². The van der Waals surface area contributed by atoms with Crippen molar-refractivity contribution in [1.82, 2.24) is 19.8 Å². The number of benzene rings is 1. The van der Waals surface area contributed by atoms with Gasteiger partial charge in [0.1, 0.15) is 6.54 Å². The predicted octanol–water partition coefficient (Wildman–Crippen LogP) is -0.168. The van der Waals surface area contributed by atoms with Crippen molar-refractivity contribution in [3.05, 3.63) is 69.0 Å². The lowest BCUT2D eigenvalue weighted by molar-refractivity contribution is -0.121. The molecule has 8 nitrogen and oxygen atoms in total. The van der Waals surface area contributed by atoms with Crippen molar-refractivity contribution >= 4 is 18.3 Å². The molecule has 148 valence electrons. The predicted molar refractivity (Wildman–Crippen MR) is 106 cm³/mol. The molecule has 0 aliphatic carbocycles. The maximum Gasteiger partial charge on any atom is 0.331 e. The van der Waals surface area contributed by atoms with Gasteiger partial charge in [-0.25, -0.2) is 4.79 Å². The molecule has 2 aromatic rings. The van der Waals surface area contributed by atoms with Crippen LogP contribution in [0.4, 0.5) is 0 Å². The number of halogens is 1. The Bertz CT molecular complexity index is 820. The van der Waals surface area contributed by atoms with Gasteiger partial charge in [-0.05, 0) is 5.56 Å². The van der Waals surface area contributed by atoms with Crippen LogP contribution < -0.4 is 21.9 Å². The minimum absolute atomic E-state index is 0. The zero-order chi connectivity index (χ0) is 18.8. The molecule has 27 heavy (non-hydrogen) atoms. The van der Waals surface area contributed by atoms with Crippen LogP contribution in [-0.4, -0.2) is 48.4 Å². The van der Waals surface area contributed by atoms with Gasteiger partial charge in [-0.3, -0.25) is 18.7 Å². The molecule has 0 radical (unpaired) electrons. The average molecular weight is 397 g/mol. The molecule has 0 fully saturated rings. The van der Waals surface area contributed by atoms with E-state index in [0.29, 0.717) is 32.8 Å². The largest absolute Gasteiger partial charge is 0.383 e. The number of hydrogen-bond donors (Lipinski definition) is 2. The minimum Gasteiger partial charge on any atom is -0.383 e. The first-order valence-corrected chi connectivity index (χ1v) is 8.42. The molecule has 0 spiro atoms. The molecule has 2 N–H and O–H groups in total. The van der Waals surface area contributed by atoms with Gasteiger partial charge >= 0.3 is 5.69 Å². The molecule has 2 rings (SSSR count). The number of ether oxygens (including phenoxy) is 1. The second-order valence-corrected chi connectivity index (χ2v) is 5.73. The Hall–Kier alpha value is -2.42. The zero-order valence-electron chi connectivity index (χ0n) is 15.2. The lowest BCUT2D eigenvalue weighted by Crippen LogP contribution is -2.44. The molecule has 1 amide bonds. The van der Waals surface area contributed by atoms with Gasteiger partial charge in [-0.15, -0.1) is 12.4 Å². The lowest BCUT2D eigenvalue weighted by atomic mass is 10.2. The van der Waals surface area contributed by atoms with E-state index in [9.17, 15) is 14.4 Å². The van der Waals surface area contributed by atoms with Crippen molar-refractivity contribution in [2.24, 2.45) is 0 Å². The SMILES string of the molecule is COCCNCCNC(=O)Cn1c(=O)ccn(Cc2ccccc2)c1=O.Cl. The summed E-state index contributed by atoms with van der Waals surface area (Å²) in [5.74, 6) is -0.379. The number of amides is 1. The van der Waals surface area contributed by atoms with Crippen LogP contribution in [0, 0.1) is 0 Å². The van der Waals surface area contributed by atoms with Crippen LogP contribution in [0.25, 0.3) is 0 Å². The molecule has 0 saturated carbocycles. The number of nitrogens with zero attached hydrogens (tertiary/aromatic N) is 2. The van der Waals surface area contributed by atoms with Gasteiger partial charge in [0.2, 0.25) is 5.91 Å². The summed E-state index contributed by atoms with van der Waals surface area (Å²) < 4.78 is 7.26. The van der Waals surface area contributed by atoms with Crippen LogP contribution >= 0.6 is 12.4 Å². The Labute approximate surface area is 163 Å². The maximum absolute atomic E-state index is 12.5. The van der Waals surface area contributed by atoms with Crippen molar-refractivity contribution in [1.29, 1.82) is 0 Å². The number of carbonyl (C=O) groups is 1. The summed E-state index contributed by atoms with van der Waals surface area (Å²) in [6, 6.07) is 10.7. The van der Waals surface area contributed by atoms with Crippen LogP contribution in [-0.2, 0) is 22.6 Å². The van der Waals surface area contributed by atoms with Crippen LogP contribution in [0.2, 0.25) is 0 Å². The Morgan fingerprint density at radius 1 is 1.07 bits per heavy atom. The van der Waals surface area contributed by atoms with Crippen molar-refractivity contribution in [3.63, 3.8) is 0 Å². The minimum atomic E-state index is -0.505. The van der Waals surface area contributed by atoms with Gasteiger partial charge in [0.05, 0.1) is 13.2 Å². The van der Waals surface area contributed by atoms with Crippen molar-refractivity contribution in [2.75, 3.05) is 33.4 Å². The summed E-state index contributed by atoms with van der Waals surface area (Å²) in [6.45, 7) is 2.30. The van der Waals surface area contributed by atoms with E-state index in [0.717, 1.165) is 10.1 Å². The van der Waals surface area contributed by atoms with Gasteiger partial charge in [-0.1, -0.05) is 30.3 Å². The van der Waals surface area contributed by atoms with E-state index in [1.54, 1.807) is 7.11 Å². The highest BCUT2D eigenvalue weighted by Gasteiger charge is 2.10. The van der Waals surface area contributed by atoms with E-state index in [1.165, 1.54) is 16.8 Å². The highest BCUT2D eigenvalue weighted by Crippen LogP contribution is 1.99. The number of aromatic nitrogens is 2. The number of carbonyl (C=O) groups excluding carboxylic acids is 1. The van der Waals surface area contributed by atoms with Gasteiger partial charge in [0.25, 0.3) is 5.56 Å². The van der Waals surface area contributed by atoms with Gasteiger partial charge < -0.3 is 15.4 Å². The van der Waals surface area contributed by atoms with Crippen molar-refractivity contribution in [3.8, 4) is 0 Å². The van der Waals surface area contributed by atoms with E-state index in [1.807, 2.05) is 30.3 Å². The van der Waals surface area contributed by atoms with Crippen molar-refractivity contribution < 1.29 is 9.53 Å². The number of nitrogens with one attached hydrogen (secondary N) is 2. The van der Waals surface area contributed by atoms with E-state index in [-0.39, 0.29) is 24.9 Å². The molecule has 0 aliphatic heterocycles. The second kappa shape index (κ2) is 12.1. The first-order chi connectivity index (χ1) is 12.6. The van der Waals surface area contributed by atoms with E-state index < -0.39 is 11.2 Å². The van der Waals surface area contributed by atoms with Gasteiger partial charge in [0.15, 0.2) is 0 Å². The summed E-state index contributed by atoms with van der Waals surface area (Å²) in [4.78, 5) is 36.5. The van der Waals surface area contributed by atoms with Crippen LogP contribution in [0.15, 0.2) is 52.2 Å². The number of methoxy groups -OCH3 is 1. The quantitative estimate of drug-likeness (QED) is 0.544. The smallest absolute Gasteiger partial charge is 0.331 e.